The molecule has 0 unspecified atom stereocenters. The number of hydrogen-bond donors (Lipinski definition) is 0. The van der Waals surface area contributed by atoms with E-state index < -0.39 is 6.10 Å². The standard InChI is InChI=1S/C59H110O6/c1-4-7-10-13-16-19-22-24-26-28-29-31-32-34-37-40-43-46-49-52-58(61)64-55-56(54-63-57(60)51-48-45-42-39-36-21-18-15-12-9-6-3)65-59(62)53-50-47-44-41-38-35-33-30-27-25-23-20-17-14-11-8-5-2/h24-27,56H,4-23,28-55H2,1-3H3/b26-24-,27-25-/t56-/m0/s1. The normalized spacial score (nSPS) is 12.1. The highest BCUT2D eigenvalue weighted by Crippen LogP contribution is 2.16. The molecule has 0 aromatic heterocycles. The number of carbonyl (C=O) groups excluding carboxylic acids is 3. The zero-order valence-corrected chi connectivity index (χ0v) is 43.8. The first-order chi connectivity index (χ1) is 32.0. The molecule has 0 heterocycles. The summed E-state index contributed by atoms with van der Waals surface area (Å²) in [5, 5.41) is 0. The maximum Gasteiger partial charge on any atom is 0.306 e. The van der Waals surface area contributed by atoms with Gasteiger partial charge in [0.15, 0.2) is 6.10 Å². The second kappa shape index (κ2) is 54.5. The lowest BCUT2D eigenvalue weighted by Crippen LogP contribution is -2.30. The molecule has 6 nitrogen and oxygen atoms in total. The second-order valence-electron chi connectivity index (χ2n) is 19.6. The quantitative estimate of drug-likeness (QED) is 0.0262. The van der Waals surface area contributed by atoms with E-state index in [2.05, 4.69) is 45.1 Å². The first-order valence-electron chi connectivity index (χ1n) is 28.8. The number of carbonyl (C=O) groups is 3. The minimum atomic E-state index is -0.770. The molecule has 0 fully saturated rings. The highest BCUT2D eigenvalue weighted by atomic mass is 16.6. The summed E-state index contributed by atoms with van der Waals surface area (Å²) >= 11 is 0. The molecule has 0 aliphatic heterocycles. The van der Waals surface area contributed by atoms with E-state index >= 15 is 0 Å². The van der Waals surface area contributed by atoms with Gasteiger partial charge in [-0.15, -0.1) is 0 Å². The molecule has 0 rings (SSSR count). The topological polar surface area (TPSA) is 78.9 Å². The Labute approximate surface area is 404 Å². The van der Waals surface area contributed by atoms with Crippen molar-refractivity contribution in [2.45, 2.75) is 322 Å². The summed E-state index contributed by atoms with van der Waals surface area (Å²) in [6, 6.07) is 0. The number of hydrogen-bond acceptors (Lipinski definition) is 6. The van der Waals surface area contributed by atoms with E-state index in [1.54, 1.807) is 0 Å². The maximum atomic E-state index is 12.8. The summed E-state index contributed by atoms with van der Waals surface area (Å²) in [6.07, 6.45) is 63.1. The Bertz CT molecular complexity index is 1050. The maximum absolute atomic E-state index is 12.8. The van der Waals surface area contributed by atoms with Gasteiger partial charge in [0.2, 0.25) is 0 Å². The Morgan fingerprint density at radius 3 is 0.769 bits per heavy atom. The summed E-state index contributed by atoms with van der Waals surface area (Å²) < 4.78 is 16.9. The van der Waals surface area contributed by atoms with Gasteiger partial charge in [-0.1, -0.05) is 251 Å². The van der Waals surface area contributed by atoms with E-state index in [9.17, 15) is 14.4 Å². The average molecular weight is 916 g/mol. The van der Waals surface area contributed by atoms with Gasteiger partial charge >= 0.3 is 17.9 Å². The predicted molar refractivity (Wildman–Crippen MR) is 279 cm³/mol. The molecular weight excluding hydrogens is 805 g/mol. The molecule has 0 N–H and O–H groups in total. The van der Waals surface area contributed by atoms with Crippen LogP contribution in [0.1, 0.15) is 316 Å². The van der Waals surface area contributed by atoms with Crippen LogP contribution >= 0.6 is 0 Å². The van der Waals surface area contributed by atoms with Gasteiger partial charge in [0, 0.05) is 19.3 Å². The molecule has 0 spiro atoms. The van der Waals surface area contributed by atoms with Crippen molar-refractivity contribution in [1.82, 2.24) is 0 Å². The Balaban J connectivity index is 4.29. The van der Waals surface area contributed by atoms with E-state index in [0.717, 1.165) is 57.8 Å². The summed E-state index contributed by atoms with van der Waals surface area (Å²) in [6.45, 7) is 6.66. The lowest BCUT2D eigenvalue weighted by Gasteiger charge is -2.18. The van der Waals surface area contributed by atoms with Crippen molar-refractivity contribution in [3.05, 3.63) is 24.3 Å². The molecule has 0 aliphatic carbocycles. The van der Waals surface area contributed by atoms with Gasteiger partial charge in [0.25, 0.3) is 0 Å². The fourth-order valence-corrected chi connectivity index (χ4v) is 8.55. The minimum Gasteiger partial charge on any atom is -0.462 e. The van der Waals surface area contributed by atoms with Crippen molar-refractivity contribution in [2.24, 2.45) is 0 Å². The fraction of sp³-hybridized carbons (Fsp3) is 0.881. The van der Waals surface area contributed by atoms with E-state index in [1.165, 1.54) is 218 Å². The Morgan fingerprint density at radius 2 is 0.508 bits per heavy atom. The van der Waals surface area contributed by atoms with Crippen LogP contribution in [-0.4, -0.2) is 37.2 Å². The first-order valence-corrected chi connectivity index (χ1v) is 28.8. The van der Waals surface area contributed by atoms with Crippen molar-refractivity contribution >= 4 is 17.9 Å². The minimum absolute atomic E-state index is 0.0694. The SMILES string of the molecule is CCCCCCCC/C=C\CCCCCCCCCCCC(=O)OC[C@H](COC(=O)CCCCCCCCCCCCC)OC(=O)CCCCCCCCC/C=C\CCCCCCCC. The summed E-state index contributed by atoms with van der Waals surface area (Å²) in [4.78, 5) is 38.1. The van der Waals surface area contributed by atoms with Crippen LogP contribution in [0.25, 0.3) is 0 Å². The number of rotatable bonds is 53. The molecule has 0 aromatic rings. The molecule has 0 amide bonds. The smallest absolute Gasteiger partial charge is 0.306 e. The van der Waals surface area contributed by atoms with Gasteiger partial charge in [-0.2, -0.15) is 0 Å². The molecule has 0 radical (unpaired) electrons. The highest BCUT2D eigenvalue weighted by molar-refractivity contribution is 5.71. The van der Waals surface area contributed by atoms with Crippen molar-refractivity contribution < 1.29 is 28.6 Å². The number of allylic oxidation sites excluding steroid dienone is 4. The Morgan fingerprint density at radius 1 is 0.292 bits per heavy atom. The Hall–Kier alpha value is -2.11. The third-order valence-electron chi connectivity index (χ3n) is 12.9. The summed E-state index contributed by atoms with van der Waals surface area (Å²) in [5.41, 5.74) is 0. The van der Waals surface area contributed by atoms with Gasteiger partial charge in [-0.05, 0) is 70.6 Å². The zero-order chi connectivity index (χ0) is 47.2. The van der Waals surface area contributed by atoms with Crippen molar-refractivity contribution in [1.29, 1.82) is 0 Å². The van der Waals surface area contributed by atoms with Crippen LogP contribution in [-0.2, 0) is 28.6 Å². The van der Waals surface area contributed by atoms with Crippen LogP contribution in [0.15, 0.2) is 24.3 Å². The summed E-state index contributed by atoms with van der Waals surface area (Å²) in [5.74, 6) is -0.858. The molecule has 382 valence electrons. The van der Waals surface area contributed by atoms with Gasteiger partial charge in [0.05, 0.1) is 0 Å². The molecular formula is C59H110O6. The Kier molecular flexibility index (Phi) is 52.7. The van der Waals surface area contributed by atoms with E-state index in [4.69, 9.17) is 14.2 Å². The van der Waals surface area contributed by atoms with Crippen LogP contribution in [0.5, 0.6) is 0 Å². The van der Waals surface area contributed by atoms with Crippen LogP contribution in [0.4, 0.5) is 0 Å². The lowest BCUT2D eigenvalue weighted by molar-refractivity contribution is -0.167. The van der Waals surface area contributed by atoms with E-state index in [1.807, 2.05) is 0 Å². The monoisotopic (exact) mass is 915 g/mol. The lowest BCUT2D eigenvalue weighted by atomic mass is 10.1. The molecule has 0 aliphatic rings. The number of unbranched alkanes of at least 4 members (excludes halogenated alkanes) is 38. The van der Waals surface area contributed by atoms with Crippen molar-refractivity contribution in [3.8, 4) is 0 Å². The molecule has 0 aromatic carbocycles. The molecule has 0 saturated carbocycles. The molecule has 1 atom stereocenters. The molecule has 0 saturated heterocycles. The highest BCUT2D eigenvalue weighted by Gasteiger charge is 2.19. The fourth-order valence-electron chi connectivity index (χ4n) is 8.55. The van der Waals surface area contributed by atoms with E-state index in [0.29, 0.717) is 19.3 Å². The molecule has 6 heteroatoms. The van der Waals surface area contributed by atoms with Crippen molar-refractivity contribution in [2.75, 3.05) is 13.2 Å². The van der Waals surface area contributed by atoms with Crippen LogP contribution in [0.2, 0.25) is 0 Å². The number of ether oxygens (including phenoxy) is 3. The van der Waals surface area contributed by atoms with Gasteiger partial charge in [-0.25, -0.2) is 0 Å². The van der Waals surface area contributed by atoms with E-state index in [-0.39, 0.29) is 31.1 Å². The average Bonchev–Trinajstić information content (AvgIpc) is 3.30. The van der Waals surface area contributed by atoms with Crippen molar-refractivity contribution in [3.63, 3.8) is 0 Å². The van der Waals surface area contributed by atoms with Gasteiger partial charge < -0.3 is 14.2 Å². The largest absolute Gasteiger partial charge is 0.462 e. The molecule has 65 heavy (non-hydrogen) atoms. The first kappa shape index (κ1) is 62.9. The van der Waals surface area contributed by atoms with Crippen LogP contribution in [0, 0.1) is 0 Å². The predicted octanol–water partition coefficient (Wildman–Crippen LogP) is 19.1. The second-order valence-corrected chi connectivity index (χ2v) is 19.6. The van der Waals surface area contributed by atoms with Gasteiger partial charge in [0.1, 0.15) is 13.2 Å². The van der Waals surface area contributed by atoms with Crippen LogP contribution in [0.3, 0.4) is 0 Å². The number of esters is 3. The zero-order valence-electron chi connectivity index (χ0n) is 43.8. The van der Waals surface area contributed by atoms with Crippen LogP contribution < -0.4 is 0 Å². The summed E-state index contributed by atoms with van der Waals surface area (Å²) in [7, 11) is 0. The molecule has 0 bridgehead atoms. The third-order valence-corrected chi connectivity index (χ3v) is 12.9. The third kappa shape index (κ3) is 52.7. The van der Waals surface area contributed by atoms with Gasteiger partial charge in [-0.3, -0.25) is 14.4 Å².